The summed E-state index contributed by atoms with van der Waals surface area (Å²) < 4.78 is 13.2. The summed E-state index contributed by atoms with van der Waals surface area (Å²) in [4.78, 5) is 36.8. The van der Waals surface area contributed by atoms with Gasteiger partial charge >= 0.3 is 0 Å². The first-order valence-electron chi connectivity index (χ1n) is 10.2. The molecule has 3 aromatic carbocycles. The molecule has 32 heavy (non-hydrogen) atoms. The molecule has 0 N–H and O–H groups in total. The lowest BCUT2D eigenvalue weighted by Gasteiger charge is -2.25. The number of hydrogen-bond acceptors (Lipinski definition) is 5. The fourth-order valence-corrected chi connectivity index (χ4v) is 4.61. The van der Waals surface area contributed by atoms with Crippen molar-refractivity contribution in [3.63, 3.8) is 0 Å². The average Bonchev–Trinajstić information content (AvgIpc) is 3.15. The summed E-state index contributed by atoms with van der Waals surface area (Å²) in [7, 11) is 0. The molecule has 1 unspecified atom stereocenters. The molecule has 0 radical (unpaired) electrons. The van der Waals surface area contributed by atoms with Gasteiger partial charge in [-0.2, -0.15) is 0 Å². The first-order valence-corrected chi connectivity index (χ1v) is 11.1. The van der Waals surface area contributed by atoms with Crippen molar-refractivity contribution < 1.29 is 14.0 Å². The molecule has 0 fully saturated rings. The summed E-state index contributed by atoms with van der Waals surface area (Å²) in [6.45, 7) is 0. The molecule has 0 aromatic heterocycles. The Hall–Kier alpha value is -3.58. The van der Waals surface area contributed by atoms with Crippen LogP contribution in [0, 0.1) is 5.82 Å². The SMILES string of the molecule is O=C(CSC1=Nc2ccccc2C2=NC(Cc3ccccc3)C(=O)N12)c1ccc(F)cc1. The number of fused-ring (bicyclic) bond motifs is 3. The number of Topliss-reactive ketones (excluding diaryl/α,β-unsaturated/α-hetero) is 1. The van der Waals surface area contributed by atoms with Crippen LogP contribution in [-0.2, 0) is 11.2 Å². The van der Waals surface area contributed by atoms with E-state index < -0.39 is 11.9 Å². The maximum atomic E-state index is 13.3. The summed E-state index contributed by atoms with van der Waals surface area (Å²) in [5, 5.41) is 0.429. The highest BCUT2D eigenvalue weighted by molar-refractivity contribution is 8.14. The average molecular weight is 444 g/mol. The molecular formula is C25H18FN3O2S. The number of para-hydroxylation sites is 1. The van der Waals surface area contributed by atoms with Crippen LogP contribution in [0.1, 0.15) is 21.5 Å². The van der Waals surface area contributed by atoms with E-state index in [4.69, 9.17) is 4.99 Å². The third-order valence-corrected chi connectivity index (χ3v) is 6.26. The van der Waals surface area contributed by atoms with Crippen molar-refractivity contribution in [2.75, 3.05) is 5.75 Å². The zero-order chi connectivity index (χ0) is 22.1. The molecule has 1 atom stereocenters. The summed E-state index contributed by atoms with van der Waals surface area (Å²) in [5.41, 5.74) is 2.96. The lowest BCUT2D eigenvalue weighted by Crippen LogP contribution is -2.41. The van der Waals surface area contributed by atoms with Gasteiger partial charge in [-0.1, -0.05) is 54.2 Å². The van der Waals surface area contributed by atoms with Crippen molar-refractivity contribution in [3.8, 4) is 0 Å². The number of ketones is 1. The van der Waals surface area contributed by atoms with Gasteiger partial charge in [0, 0.05) is 17.5 Å². The number of amidine groups is 2. The summed E-state index contributed by atoms with van der Waals surface area (Å²) >= 11 is 1.19. The number of benzene rings is 3. The van der Waals surface area contributed by atoms with Crippen molar-refractivity contribution in [1.82, 2.24) is 4.90 Å². The van der Waals surface area contributed by atoms with Gasteiger partial charge in [0.05, 0.1) is 11.4 Å². The number of carbonyl (C=O) groups is 2. The summed E-state index contributed by atoms with van der Waals surface area (Å²) in [5.74, 6) is -0.0670. The van der Waals surface area contributed by atoms with Crippen LogP contribution in [0.25, 0.3) is 0 Å². The van der Waals surface area contributed by atoms with Gasteiger partial charge in [0.2, 0.25) is 0 Å². The van der Waals surface area contributed by atoms with Gasteiger partial charge in [-0.3, -0.25) is 14.6 Å². The van der Waals surface area contributed by atoms with Crippen LogP contribution in [0.15, 0.2) is 88.8 Å². The smallest absolute Gasteiger partial charge is 0.259 e. The van der Waals surface area contributed by atoms with E-state index in [1.54, 1.807) is 0 Å². The van der Waals surface area contributed by atoms with Crippen molar-refractivity contribution in [2.45, 2.75) is 12.5 Å². The predicted octanol–water partition coefficient (Wildman–Crippen LogP) is 4.64. The van der Waals surface area contributed by atoms with Gasteiger partial charge in [-0.05, 0) is 42.0 Å². The number of nitrogens with zero attached hydrogens (tertiary/aromatic N) is 3. The third kappa shape index (κ3) is 3.87. The molecule has 0 saturated heterocycles. The van der Waals surface area contributed by atoms with Crippen LogP contribution in [0.3, 0.4) is 0 Å². The van der Waals surface area contributed by atoms with Crippen LogP contribution in [0.4, 0.5) is 10.1 Å². The third-order valence-electron chi connectivity index (χ3n) is 5.32. The van der Waals surface area contributed by atoms with Crippen LogP contribution in [0.5, 0.6) is 0 Å². The largest absolute Gasteiger partial charge is 0.293 e. The first-order chi connectivity index (χ1) is 15.6. The number of halogens is 1. The van der Waals surface area contributed by atoms with E-state index in [1.165, 1.54) is 40.9 Å². The van der Waals surface area contributed by atoms with Crippen molar-refractivity contribution in [2.24, 2.45) is 9.98 Å². The highest BCUT2D eigenvalue weighted by atomic mass is 32.2. The van der Waals surface area contributed by atoms with E-state index in [9.17, 15) is 14.0 Å². The summed E-state index contributed by atoms with van der Waals surface area (Å²) in [6.07, 6.45) is 0.494. The monoisotopic (exact) mass is 443 g/mol. The number of aliphatic imine (C=N–C) groups is 2. The Morgan fingerprint density at radius 1 is 0.969 bits per heavy atom. The summed E-state index contributed by atoms with van der Waals surface area (Å²) in [6, 6.07) is 22.2. The second kappa shape index (κ2) is 8.51. The van der Waals surface area contributed by atoms with Gasteiger partial charge < -0.3 is 0 Å². The molecule has 2 heterocycles. The number of thioether (sulfide) groups is 1. The predicted molar refractivity (Wildman–Crippen MR) is 124 cm³/mol. The Balaban J connectivity index is 1.42. The van der Waals surface area contributed by atoms with Gasteiger partial charge in [0.15, 0.2) is 11.0 Å². The Morgan fingerprint density at radius 2 is 1.69 bits per heavy atom. The van der Waals surface area contributed by atoms with E-state index in [2.05, 4.69) is 4.99 Å². The van der Waals surface area contributed by atoms with E-state index in [0.717, 1.165) is 11.1 Å². The lowest BCUT2D eigenvalue weighted by atomic mass is 10.1. The van der Waals surface area contributed by atoms with Gasteiger partial charge in [0.25, 0.3) is 5.91 Å². The second-order valence-corrected chi connectivity index (χ2v) is 8.40. The van der Waals surface area contributed by atoms with E-state index in [-0.39, 0.29) is 17.4 Å². The zero-order valence-corrected chi connectivity index (χ0v) is 17.8. The standard InChI is InChI=1S/C25H18FN3O2S/c26-18-12-10-17(11-13-18)22(30)15-32-25-28-20-9-5-4-8-19(20)23-27-21(24(31)29(23)25)14-16-6-2-1-3-7-16/h1-13,21H,14-15H2. The Kier molecular flexibility index (Phi) is 5.41. The van der Waals surface area contributed by atoms with Crippen molar-refractivity contribution >= 4 is 40.1 Å². The number of rotatable bonds is 5. The van der Waals surface area contributed by atoms with Crippen LogP contribution < -0.4 is 0 Å². The molecule has 3 aromatic rings. The fraction of sp³-hybridized carbons (Fsp3) is 0.120. The highest BCUT2D eigenvalue weighted by Gasteiger charge is 2.41. The van der Waals surface area contributed by atoms with Crippen LogP contribution in [-0.4, -0.2) is 39.4 Å². The minimum atomic E-state index is -0.544. The van der Waals surface area contributed by atoms with Crippen LogP contribution >= 0.6 is 11.8 Å². The number of amides is 1. The Labute approximate surface area is 188 Å². The molecule has 2 aliphatic heterocycles. The minimum absolute atomic E-state index is 0.0764. The maximum absolute atomic E-state index is 13.3. The normalized spacial score (nSPS) is 16.8. The zero-order valence-electron chi connectivity index (χ0n) is 16.9. The topological polar surface area (TPSA) is 62.1 Å². The fourth-order valence-electron chi connectivity index (χ4n) is 3.72. The molecule has 0 bridgehead atoms. The molecule has 1 amide bonds. The lowest BCUT2D eigenvalue weighted by molar-refractivity contribution is -0.124. The van der Waals surface area contributed by atoms with Gasteiger partial charge in [-0.25, -0.2) is 14.3 Å². The van der Waals surface area contributed by atoms with E-state index in [1.807, 2.05) is 54.6 Å². The molecule has 0 spiro atoms. The molecule has 0 saturated carbocycles. The molecule has 5 rings (SSSR count). The highest BCUT2D eigenvalue weighted by Crippen LogP contribution is 2.34. The quantitative estimate of drug-likeness (QED) is 0.540. The van der Waals surface area contributed by atoms with Gasteiger partial charge in [0.1, 0.15) is 17.7 Å². The maximum Gasteiger partial charge on any atom is 0.259 e. The van der Waals surface area contributed by atoms with Crippen molar-refractivity contribution in [1.29, 1.82) is 0 Å². The molecular weight excluding hydrogens is 425 g/mol. The number of hydrogen-bond donors (Lipinski definition) is 0. The van der Waals surface area contributed by atoms with Gasteiger partial charge in [-0.15, -0.1) is 0 Å². The molecule has 7 heteroatoms. The molecule has 0 aliphatic carbocycles. The van der Waals surface area contributed by atoms with Crippen LogP contribution in [0.2, 0.25) is 0 Å². The van der Waals surface area contributed by atoms with Crippen molar-refractivity contribution in [3.05, 3.63) is 101 Å². The molecule has 2 aliphatic rings. The molecule has 158 valence electrons. The molecule has 5 nitrogen and oxygen atoms in total. The first kappa shape index (κ1) is 20.3. The van der Waals surface area contributed by atoms with E-state index in [0.29, 0.717) is 28.7 Å². The Bertz CT molecular complexity index is 1260. The Morgan fingerprint density at radius 3 is 2.47 bits per heavy atom. The van der Waals surface area contributed by atoms with E-state index >= 15 is 0 Å². The number of carbonyl (C=O) groups excluding carboxylic acids is 2. The minimum Gasteiger partial charge on any atom is -0.293 e. The second-order valence-electron chi connectivity index (χ2n) is 7.46.